The van der Waals surface area contributed by atoms with Crippen LogP contribution in [-0.4, -0.2) is 60.4 Å². The molecule has 0 aromatic heterocycles. The summed E-state index contributed by atoms with van der Waals surface area (Å²) in [6.07, 6.45) is 1.89. The molecule has 1 aromatic rings. The van der Waals surface area contributed by atoms with Crippen LogP contribution in [0.2, 0.25) is 0 Å². The summed E-state index contributed by atoms with van der Waals surface area (Å²) in [5.41, 5.74) is 0.827. The van der Waals surface area contributed by atoms with Gasteiger partial charge in [0.15, 0.2) is 5.11 Å². The lowest BCUT2D eigenvalue weighted by atomic mass is 10.3. The summed E-state index contributed by atoms with van der Waals surface area (Å²) >= 11 is 7.37. The van der Waals surface area contributed by atoms with E-state index in [0.29, 0.717) is 23.1 Å². The van der Waals surface area contributed by atoms with E-state index in [9.17, 15) is 8.42 Å². The Kier molecular flexibility index (Phi) is 5.45. The Morgan fingerprint density at radius 1 is 1.04 bits per heavy atom. The highest BCUT2D eigenvalue weighted by Gasteiger charge is 2.26. The molecular weight excluding hydrogens is 350 g/mol. The maximum Gasteiger partial charge on any atom is 0.243 e. The largest absolute Gasteiger partial charge is 0.347 e. The molecule has 0 atom stereocenters. The highest BCUT2D eigenvalue weighted by Crippen LogP contribution is 2.22. The van der Waals surface area contributed by atoms with Crippen molar-refractivity contribution in [2.45, 2.75) is 17.7 Å². The van der Waals surface area contributed by atoms with Gasteiger partial charge in [0.1, 0.15) is 0 Å². The molecule has 5 nitrogen and oxygen atoms in total. The summed E-state index contributed by atoms with van der Waals surface area (Å²) in [5.74, 6) is 2.18. The van der Waals surface area contributed by atoms with Crippen LogP contribution in [-0.2, 0) is 10.0 Å². The standard InChI is InChI=1S/C15H21N3O2S3/c19-23(20,18-7-1-2-8-18)14-5-3-13(4-6-14)16-15(21)17-9-11-22-12-10-17/h3-6H,1-2,7-12H2,(H,16,21). The highest BCUT2D eigenvalue weighted by atomic mass is 32.2. The summed E-state index contributed by atoms with van der Waals surface area (Å²) in [7, 11) is -3.34. The van der Waals surface area contributed by atoms with Crippen LogP contribution in [0.3, 0.4) is 0 Å². The number of nitrogens with zero attached hydrogens (tertiary/aromatic N) is 2. The molecule has 0 amide bonds. The minimum atomic E-state index is -3.34. The van der Waals surface area contributed by atoms with E-state index < -0.39 is 10.0 Å². The van der Waals surface area contributed by atoms with Crippen molar-refractivity contribution in [1.82, 2.24) is 9.21 Å². The monoisotopic (exact) mass is 371 g/mol. The number of thiocarbonyl (C=S) groups is 1. The minimum absolute atomic E-state index is 0.352. The van der Waals surface area contributed by atoms with Crippen LogP contribution < -0.4 is 5.32 Å². The molecule has 8 heteroatoms. The van der Waals surface area contributed by atoms with Crippen LogP contribution in [0.1, 0.15) is 12.8 Å². The van der Waals surface area contributed by atoms with Gasteiger partial charge in [0, 0.05) is 43.4 Å². The molecule has 0 unspecified atom stereocenters. The molecule has 2 aliphatic rings. The third kappa shape index (κ3) is 3.99. The molecule has 3 rings (SSSR count). The Hall–Kier alpha value is -0.830. The van der Waals surface area contributed by atoms with Gasteiger partial charge in [-0.05, 0) is 49.3 Å². The summed E-state index contributed by atoms with van der Waals surface area (Å²) in [4.78, 5) is 2.51. The summed E-state index contributed by atoms with van der Waals surface area (Å²) in [5, 5.41) is 3.91. The van der Waals surface area contributed by atoms with E-state index in [0.717, 1.165) is 43.1 Å². The van der Waals surface area contributed by atoms with E-state index in [1.54, 1.807) is 28.6 Å². The lowest BCUT2D eigenvalue weighted by molar-refractivity contribution is 0.470. The molecule has 0 radical (unpaired) electrons. The Morgan fingerprint density at radius 2 is 1.65 bits per heavy atom. The van der Waals surface area contributed by atoms with Crippen molar-refractivity contribution >= 4 is 44.8 Å². The fraction of sp³-hybridized carbons (Fsp3) is 0.533. The van der Waals surface area contributed by atoms with E-state index in [1.807, 2.05) is 11.8 Å². The van der Waals surface area contributed by atoms with Gasteiger partial charge in [0.25, 0.3) is 0 Å². The molecule has 2 heterocycles. The van der Waals surface area contributed by atoms with Gasteiger partial charge in [-0.1, -0.05) is 0 Å². The van der Waals surface area contributed by atoms with Crippen LogP contribution in [0, 0.1) is 0 Å². The van der Waals surface area contributed by atoms with Gasteiger partial charge < -0.3 is 10.2 Å². The number of thioether (sulfide) groups is 1. The molecular formula is C15H21N3O2S3. The normalized spacial score (nSPS) is 19.7. The van der Waals surface area contributed by atoms with Gasteiger partial charge in [-0.25, -0.2) is 8.42 Å². The van der Waals surface area contributed by atoms with Crippen LogP contribution in [0.5, 0.6) is 0 Å². The number of hydrogen-bond donors (Lipinski definition) is 1. The molecule has 2 fully saturated rings. The second kappa shape index (κ2) is 7.38. The van der Waals surface area contributed by atoms with Crippen LogP contribution in [0.25, 0.3) is 0 Å². The maximum absolute atomic E-state index is 12.5. The Morgan fingerprint density at radius 3 is 2.26 bits per heavy atom. The number of rotatable bonds is 3. The predicted molar refractivity (Wildman–Crippen MR) is 99.6 cm³/mol. The van der Waals surface area contributed by atoms with E-state index in [1.165, 1.54) is 0 Å². The van der Waals surface area contributed by atoms with Gasteiger partial charge >= 0.3 is 0 Å². The summed E-state index contributed by atoms with van der Waals surface area (Å²) in [6.45, 7) is 3.16. The van der Waals surface area contributed by atoms with Gasteiger partial charge in [-0.2, -0.15) is 16.1 Å². The second-order valence-corrected chi connectivity index (χ2v) is 9.21. The molecule has 0 bridgehead atoms. The third-order valence-corrected chi connectivity index (χ3v) is 7.32. The first kappa shape index (κ1) is 17.0. The summed E-state index contributed by atoms with van der Waals surface area (Å²) in [6, 6.07) is 6.89. The van der Waals surface area contributed by atoms with Crippen molar-refractivity contribution in [2.24, 2.45) is 0 Å². The van der Waals surface area contributed by atoms with Crippen molar-refractivity contribution in [3.8, 4) is 0 Å². The Bertz CT molecular complexity index is 649. The SMILES string of the molecule is O=S(=O)(c1ccc(NC(=S)N2CCSCC2)cc1)N1CCCC1. The number of sulfonamides is 1. The molecule has 0 spiro atoms. The molecule has 2 saturated heterocycles. The minimum Gasteiger partial charge on any atom is -0.347 e. The fourth-order valence-electron chi connectivity index (χ4n) is 2.76. The van der Waals surface area contributed by atoms with Crippen LogP contribution >= 0.6 is 24.0 Å². The van der Waals surface area contributed by atoms with Crippen molar-refractivity contribution < 1.29 is 8.42 Å². The number of hydrogen-bond acceptors (Lipinski definition) is 4. The molecule has 1 aromatic carbocycles. The molecule has 23 heavy (non-hydrogen) atoms. The van der Waals surface area contributed by atoms with Gasteiger partial charge in [0.05, 0.1) is 4.90 Å². The number of anilines is 1. The van der Waals surface area contributed by atoms with Crippen molar-refractivity contribution in [2.75, 3.05) is 43.0 Å². The number of benzene rings is 1. The van der Waals surface area contributed by atoms with Crippen molar-refractivity contribution in [1.29, 1.82) is 0 Å². The topological polar surface area (TPSA) is 52.7 Å². The summed E-state index contributed by atoms with van der Waals surface area (Å²) < 4.78 is 26.5. The lowest BCUT2D eigenvalue weighted by Gasteiger charge is -2.29. The number of nitrogens with one attached hydrogen (secondary N) is 1. The maximum atomic E-state index is 12.5. The quantitative estimate of drug-likeness (QED) is 0.823. The van der Waals surface area contributed by atoms with Crippen molar-refractivity contribution in [3.63, 3.8) is 0 Å². The molecule has 0 aliphatic carbocycles. The first-order valence-electron chi connectivity index (χ1n) is 7.81. The molecule has 0 saturated carbocycles. The smallest absolute Gasteiger partial charge is 0.243 e. The molecule has 1 N–H and O–H groups in total. The first-order valence-corrected chi connectivity index (χ1v) is 10.8. The van der Waals surface area contributed by atoms with Gasteiger partial charge in [-0.15, -0.1) is 0 Å². The molecule has 2 aliphatic heterocycles. The van der Waals surface area contributed by atoms with Gasteiger partial charge in [0.2, 0.25) is 10.0 Å². The lowest BCUT2D eigenvalue weighted by Crippen LogP contribution is -2.40. The zero-order valence-electron chi connectivity index (χ0n) is 12.9. The zero-order chi connectivity index (χ0) is 16.3. The first-order chi connectivity index (χ1) is 11.1. The van der Waals surface area contributed by atoms with E-state index in [4.69, 9.17) is 12.2 Å². The van der Waals surface area contributed by atoms with Gasteiger partial charge in [-0.3, -0.25) is 0 Å². The van der Waals surface area contributed by atoms with Crippen LogP contribution in [0.15, 0.2) is 29.2 Å². The van der Waals surface area contributed by atoms with E-state index >= 15 is 0 Å². The predicted octanol–water partition coefficient (Wildman–Crippen LogP) is 2.22. The Labute approximate surface area is 147 Å². The Balaban J connectivity index is 1.66. The highest BCUT2D eigenvalue weighted by molar-refractivity contribution is 7.99. The average molecular weight is 372 g/mol. The third-order valence-electron chi connectivity index (χ3n) is 4.11. The average Bonchev–Trinajstić information content (AvgIpc) is 3.11. The van der Waals surface area contributed by atoms with Crippen LogP contribution in [0.4, 0.5) is 5.69 Å². The van der Waals surface area contributed by atoms with Crippen molar-refractivity contribution in [3.05, 3.63) is 24.3 Å². The van der Waals surface area contributed by atoms with E-state index in [2.05, 4.69) is 10.2 Å². The van der Waals surface area contributed by atoms with E-state index in [-0.39, 0.29) is 0 Å². The molecule has 126 valence electrons. The second-order valence-electron chi connectivity index (χ2n) is 5.67. The zero-order valence-corrected chi connectivity index (χ0v) is 15.4. The fourth-order valence-corrected chi connectivity index (χ4v) is 5.48.